The highest BCUT2D eigenvalue weighted by atomic mass is 19.3. The number of carbonyl (C=O) groups excluding carboxylic acids is 1. The summed E-state index contributed by atoms with van der Waals surface area (Å²) < 4.78 is 56.1. The zero-order valence-corrected chi connectivity index (χ0v) is 19.5. The Bertz CT molecular complexity index is 1400. The number of benzene rings is 3. The molecule has 2 unspecified atom stereocenters. The minimum atomic E-state index is -2.95. The number of rotatable bonds is 7. The number of aromatic nitrogens is 2. The van der Waals surface area contributed by atoms with E-state index in [2.05, 4.69) is 10.4 Å². The Balaban J connectivity index is 1.48. The smallest absolute Gasteiger partial charge is 0.257 e. The van der Waals surface area contributed by atoms with Crippen LogP contribution in [0.3, 0.4) is 0 Å². The summed E-state index contributed by atoms with van der Waals surface area (Å²) in [7, 11) is 0. The van der Waals surface area contributed by atoms with Gasteiger partial charge in [0.1, 0.15) is 11.6 Å². The molecule has 1 amide bonds. The second-order valence-corrected chi connectivity index (χ2v) is 9.20. The van der Waals surface area contributed by atoms with Gasteiger partial charge in [-0.1, -0.05) is 24.3 Å². The third kappa shape index (κ3) is 4.97. The number of fused-ring (bicyclic) bond motifs is 1. The minimum absolute atomic E-state index is 0.0228. The number of anilines is 1. The number of alkyl halides is 2. The second kappa shape index (κ2) is 9.39. The van der Waals surface area contributed by atoms with Crippen LogP contribution < -0.4 is 10.2 Å². The van der Waals surface area contributed by atoms with E-state index in [0.717, 1.165) is 23.4 Å². The molecule has 3 aromatic carbocycles. The highest BCUT2D eigenvalue weighted by Gasteiger charge is 2.42. The Morgan fingerprint density at radius 1 is 1.03 bits per heavy atom. The molecule has 0 spiro atoms. The van der Waals surface area contributed by atoms with Gasteiger partial charge in [-0.3, -0.25) is 9.48 Å². The van der Waals surface area contributed by atoms with Crippen molar-refractivity contribution in [2.45, 2.75) is 37.9 Å². The Morgan fingerprint density at radius 2 is 1.81 bits per heavy atom. The van der Waals surface area contributed by atoms with Gasteiger partial charge in [0.25, 0.3) is 5.92 Å². The molecule has 1 N–H and O–H groups in total. The molecule has 0 radical (unpaired) electrons. The highest BCUT2D eigenvalue weighted by molar-refractivity contribution is 5.99. The van der Waals surface area contributed by atoms with E-state index in [1.807, 2.05) is 18.2 Å². The second-order valence-electron chi connectivity index (χ2n) is 9.20. The molecule has 0 bridgehead atoms. The Morgan fingerprint density at radius 3 is 2.53 bits per heavy atom. The summed E-state index contributed by atoms with van der Waals surface area (Å²) in [6, 6.07) is 16.2. The van der Waals surface area contributed by atoms with Gasteiger partial charge < -0.3 is 10.2 Å². The lowest BCUT2D eigenvalue weighted by molar-refractivity contribution is -0.117. The Labute approximate surface area is 205 Å². The first-order chi connectivity index (χ1) is 17.2. The van der Waals surface area contributed by atoms with Crippen LogP contribution in [0, 0.1) is 11.6 Å². The monoisotopic (exact) mass is 496 g/mol. The first-order valence-corrected chi connectivity index (χ1v) is 11.6. The number of amides is 1. The van der Waals surface area contributed by atoms with Gasteiger partial charge in [-0.05, 0) is 53.6 Å². The Hall–Kier alpha value is -3.72. The van der Waals surface area contributed by atoms with Gasteiger partial charge in [-0.15, -0.1) is 0 Å². The summed E-state index contributed by atoms with van der Waals surface area (Å²) in [4.78, 5) is 14.7. The van der Waals surface area contributed by atoms with Crippen LogP contribution in [0.4, 0.5) is 23.2 Å². The van der Waals surface area contributed by atoms with E-state index in [9.17, 15) is 22.4 Å². The molecule has 1 aliphatic heterocycles. The molecule has 36 heavy (non-hydrogen) atoms. The van der Waals surface area contributed by atoms with Crippen molar-refractivity contribution in [3.8, 4) is 0 Å². The predicted octanol–water partition coefficient (Wildman–Crippen LogP) is 5.45. The highest BCUT2D eigenvalue weighted by Crippen LogP contribution is 2.39. The largest absolute Gasteiger partial charge is 0.305 e. The standard InChI is InChI=1S/C27H24F4N4O/c1-27(30,31)16-32-23-13-25(36)35(26(23)18-5-7-20(28)8-6-18)22-9-10-24-19(12-22)14-33-34(24)15-17-3-2-4-21(29)11-17/h2-12,14,23,26,32H,13,15-16H2,1H3. The molecule has 0 aliphatic carbocycles. The average Bonchev–Trinajstić information content (AvgIpc) is 3.37. The van der Waals surface area contributed by atoms with E-state index >= 15 is 0 Å². The quantitative estimate of drug-likeness (QED) is 0.346. The lowest BCUT2D eigenvalue weighted by atomic mass is 9.99. The molecular weight excluding hydrogens is 472 g/mol. The fourth-order valence-electron chi connectivity index (χ4n) is 4.73. The predicted molar refractivity (Wildman–Crippen MR) is 129 cm³/mol. The first kappa shape index (κ1) is 24.0. The molecule has 2 atom stereocenters. The van der Waals surface area contributed by atoms with Gasteiger partial charge in [0.2, 0.25) is 5.91 Å². The molecule has 9 heteroatoms. The summed E-state index contributed by atoms with van der Waals surface area (Å²) in [6.07, 6.45) is 1.69. The normalized spacial score (nSPS) is 18.4. The maximum atomic E-state index is 13.6. The van der Waals surface area contributed by atoms with Crippen LogP contribution in [0.25, 0.3) is 10.9 Å². The van der Waals surface area contributed by atoms with Crippen LogP contribution in [-0.2, 0) is 11.3 Å². The number of nitrogens with one attached hydrogen (secondary N) is 1. The lowest BCUT2D eigenvalue weighted by Crippen LogP contribution is -2.41. The van der Waals surface area contributed by atoms with Crippen molar-refractivity contribution in [1.82, 2.24) is 15.1 Å². The van der Waals surface area contributed by atoms with E-state index in [1.54, 1.807) is 40.0 Å². The summed E-state index contributed by atoms with van der Waals surface area (Å²) in [5.41, 5.74) is 2.78. The van der Waals surface area contributed by atoms with Gasteiger partial charge >= 0.3 is 0 Å². The summed E-state index contributed by atoms with van der Waals surface area (Å²) in [5, 5.41) is 8.02. The zero-order chi connectivity index (χ0) is 25.4. The maximum Gasteiger partial charge on any atom is 0.257 e. The topological polar surface area (TPSA) is 50.2 Å². The molecule has 1 fully saturated rings. The number of halogens is 4. The summed E-state index contributed by atoms with van der Waals surface area (Å²) >= 11 is 0. The van der Waals surface area contributed by atoms with E-state index < -0.39 is 30.4 Å². The minimum Gasteiger partial charge on any atom is -0.305 e. The van der Waals surface area contributed by atoms with Crippen molar-refractivity contribution in [1.29, 1.82) is 0 Å². The molecule has 1 saturated heterocycles. The van der Waals surface area contributed by atoms with Gasteiger partial charge in [0, 0.05) is 30.5 Å². The average molecular weight is 497 g/mol. The molecule has 186 valence electrons. The van der Waals surface area contributed by atoms with Crippen molar-refractivity contribution in [3.63, 3.8) is 0 Å². The molecule has 0 saturated carbocycles. The summed E-state index contributed by atoms with van der Waals surface area (Å²) in [6.45, 7) is 0.609. The Kier molecular flexibility index (Phi) is 6.26. The number of nitrogens with zero attached hydrogens (tertiary/aromatic N) is 3. The molecule has 1 aromatic heterocycles. The zero-order valence-electron chi connectivity index (χ0n) is 19.5. The number of hydrogen-bond donors (Lipinski definition) is 1. The molecular formula is C27H24F4N4O. The van der Waals surface area contributed by atoms with Gasteiger partial charge in [0.05, 0.1) is 30.8 Å². The first-order valence-electron chi connectivity index (χ1n) is 11.6. The van der Waals surface area contributed by atoms with Crippen LogP contribution in [0.1, 0.15) is 30.5 Å². The summed E-state index contributed by atoms with van der Waals surface area (Å²) in [5.74, 6) is -3.92. The van der Waals surface area contributed by atoms with E-state index in [4.69, 9.17) is 0 Å². The van der Waals surface area contributed by atoms with Crippen molar-refractivity contribution >= 4 is 22.5 Å². The molecule has 4 aromatic rings. The van der Waals surface area contributed by atoms with Crippen molar-refractivity contribution in [3.05, 3.63) is 95.7 Å². The van der Waals surface area contributed by atoms with E-state index in [0.29, 0.717) is 17.8 Å². The molecule has 2 heterocycles. The van der Waals surface area contributed by atoms with Crippen LogP contribution in [0.15, 0.2) is 72.9 Å². The van der Waals surface area contributed by atoms with Crippen molar-refractivity contribution in [2.75, 3.05) is 11.4 Å². The number of carbonyl (C=O) groups is 1. The van der Waals surface area contributed by atoms with Crippen LogP contribution in [0.2, 0.25) is 0 Å². The SMILES string of the molecule is CC(F)(F)CNC1CC(=O)N(c2ccc3c(cnn3Cc3cccc(F)c3)c2)C1c1ccc(F)cc1. The fourth-order valence-corrected chi connectivity index (χ4v) is 4.73. The number of hydrogen-bond acceptors (Lipinski definition) is 3. The fraction of sp³-hybridized carbons (Fsp3) is 0.259. The van der Waals surface area contributed by atoms with Gasteiger partial charge in [-0.2, -0.15) is 5.10 Å². The van der Waals surface area contributed by atoms with Crippen molar-refractivity contribution < 1.29 is 22.4 Å². The van der Waals surface area contributed by atoms with Crippen LogP contribution in [0.5, 0.6) is 0 Å². The van der Waals surface area contributed by atoms with Crippen LogP contribution in [-0.4, -0.2) is 34.2 Å². The maximum absolute atomic E-state index is 13.6. The van der Waals surface area contributed by atoms with Crippen molar-refractivity contribution in [2.24, 2.45) is 0 Å². The third-order valence-corrected chi connectivity index (χ3v) is 6.33. The van der Waals surface area contributed by atoms with Gasteiger partial charge in [-0.25, -0.2) is 17.6 Å². The molecule has 5 nitrogen and oxygen atoms in total. The molecule has 5 rings (SSSR count). The van der Waals surface area contributed by atoms with E-state index in [-0.39, 0.29) is 18.1 Å². The van der Waals surface area contributed by atoms with Crippen LogP contribution >= 0.6 is 0 Å². The molecule has 1 aliphatic rings. The lowest BCUT2D eigenvalue weighted by Gasteiger charge is -2.30. The van der Waals surface area contributed by atoms with Gasteiger partial charge in [0.15, 0.2) is 0 Å². The van der Waals surface area contributed by atoms with E-state index in [1.165, 1.54) is 24.3 Å². The third-order valence-electron chi connectivity index (χ3n) is 6.33.